The Kier molecular flexibility index (Phi) is 6.12. The smallest absolute Gasteiger partial charge is 0.184 e. The minimum Gasteiger partial charge on any atom is -0.376 e. The molecule has 2 aliphatic rings. The van der Waals surface area contributed by atoms with Crippen LogP contribution in [0.5, 0.6) is 0 Å². The number of methoxy groups -OCH3 is 2. The van der Waals surface area contributed by atoms with Gasteiger partial charge in [-0.1, -0.05) is 60.3 Å². The normalized spacial score (nSPS) is 33.4. The van der Waals surface area contributed by atoms with Gasteiger partial charge < -0.3 is 23.7 Å². The number of benzene rings is 2. The number of rotatable bonds is 5. The van der Waals surface area contributed by atoms with Crippen molar-refractivity contribution in [3.05, 3.63) is 66.2 Å². The molecule has 0 saturated carbocycles. The second-order valence-electron chi connectivity index (χ2n) is 6.55. The molecule has 6 heteroatoms. The van der Waals surface area contributed by atoms with E-state index in [0.29, 0.717) is 6.61 Å². The molecule has 0 aromatic heterocycles. The second kappa shape index (κ2) is 8.73. The topological polar surface area (TPSA) is 46.2 Å². The van der Waals surface area contributed by atoms with E-state index in [0.717, 1.165) is 10.5 Å². The second-order valence-corrected chi connectivity index (χ2v) is 7.72. The van der Waals surface area contributed by atoms with Crippen molar-refractivity contribution in [2.24, 2.45) is 0 Å². The van der Waals surface area contributed by atoms with Crippen molar-refractivity contribution in [1.29, 1.82) is 0 Å². The quantitative estimate of drug-likeness (QED) is 0.779. The third-order valence-corrected chi connectivity index (χ3v) is 6.05. The summed E-state index contributed by atoms with van der Waals surface area (Å²) >= 11 is 1.63. The Hall–Kier alpha value is -1.41. The highest BCUT2D eigenvalue weighted by molar-refractivity contribution is 7.99. The maximum absolute atomic E-state index is 6.32. The molecule has 0 amide bonds. The lowest BCUT2D eigenvalue weighted by molar-refractivity contribution is -0.323. The summed E-state index contributed by atoms with van der Waals surface area (Å²) in [5.74, 6) is 0. The highest BCUT2D eigenvalue weighted by Crippen LogP contribution is 2.40. The molecule has 2 heterocycles. The summed E-state index contributed by atoms with van der Waals surface area (Å²) in [4.78, 5) is 1.12. The summed E-state index contributed by atoms with van der Waals surface area (Å²) in [7, 11) is 3.38. The Bertz CT molecular complexity index is 713. The fourth-order valence-corrected chi connectivity index (χ4v) is 4.75. The molecule has 2 saturated heterocycles. The average Bonchev–Trinajstić information content (AvgIpc) is 2.73. The number of hydrogen-bond acceptors (Lipinski definition) is 6. The van der Waals surface area contributed by atoms with Gasteiger partial charge in [0.1, 0.15) is 29.9 Å². The lowest BCUT2D eigenvalue weighted by Gasteiger charge is -2.48. The predicted molar refractivity (Wildman–Crippen MR) is 103 cm³/mol. The molecule has 2 aromatic carbocycles. The summed E-state index contributed by atoms with van der Waals surface area (Å²) in [6.45, 7) is 0.451. The van der Waals surface area contributed by atoms with Crippen molar-refractivity contribution >= 4 is 11.8 Å². The van der Waals surface area contributed by atoms with Crippen LogP contribution in [0.25, 0.3) is 0 Å². The highest BCUT2D eigenvalue weighted by atomic mass is 32.2. The van der Waals surface area contributed by atoms with Crippen LogP contribution in [0.2, 0.25) is 0 Å². The molecule has 2 aromatic rings. The van der Waals surface area contributed by atoms with Gasteiger partial charge in [0.15, 0.2) is 6.29 Å². The first kappa shape index (κ1) is 18.9. The molecule has 27 heavy (non-hydrogen) atoms. The van der Waals surface area contributed by atoms with Crippen molar-refractivity contribution in [2.45, 2.75) is 41.0 Å². The summed E-state index contributed by atoms with van der Waals surface area (Å²) < 4.78 is 30.1. The highest BCUT2D eigenvalue weighted by Gasteiger charge is 2.50. The summed E-state index contributed by atoms with van der Waals surface area (Å²) in [6, 6.07) is 20.1. The standard InChI is InChI=1S/C21H24O5S/c1-22-18-17-16(13-24-20(26-17)14-9-5-3-6-10-14)25-21(19(18)23-2)27-15-11-7-4-8-12-15/h3-12,16-21H,13H2,1-2H3/t16?,17-,18+,19?,20?,21+/m1/s1. The molecule has 4 rings (SSSR count). The number of thioether (sulfide) groups is 1. The van der Waals surface area contributed by atoms with Crippen molar-refractivity contribution in [2.75, 3.05) is 20.8 Å². The fourth-order valence-electron chi connectivity index (χ4n) is 3.57. The number of ether oxygens (including phenoxy) is 5. The Balaban J connectivity index is 1.52. The van der Waals surface area contributed by atoms with Crippen LogP contribution >= 0.6 is 11.8 Å². The molecule has 0 radical (unpaired) electrons. The molecule has 0 bridgehead atoms. The maximum atomic E-state index is 6.32. The Morgan fingerprint density at radius 1 is 0.852 bits per heavy atom. The zero-order valence-electron chi connectivity index (χ0n) is 15.4. The van der Waals surface area contributed by atoms with Gasteiger partial charge in [-0.25, -0.2) is 0 Å². The van der Waals surface area contributed by atoms with Gasteiger partial charge in [0.05, 0.1) is 6.61 Å². The van der Waals surface area contributed by atoms with Gasteiger partial charge in [0.25, 0.3) is 0 Å². The molecule has 6 atom stereocenters. The van der Waals surface area contributed by atoms with E-state index >= 15 is 0 Å². The SMILES string of the molecule is COC1[C@@H](OC)[C@@H]2OC(c3ccccc3)OCC2O[C@H]1Sc1ccccc1. The predicted octanol–water partition coefficient (Wildman–Crippen LogP) is 3.65. The lowest BCUT2D eigenvalue weighted by atomic mass is 9.98. The molecule has 144 valence electrons. The van der Waals surface area contributed by atoms with Crippen molar-refractivity contribution in [1.82, 2.24) is 0 Å². The monoisotopic (exact) mass is 388 g/mol. The van der Waals surface area contributed by atoms with E-state index in [9.17, 15) is 0 Å². The zero-order chi connectivity index (χ0) is 18.6. The van der Waals surface area contributed by atoms with Gasteiger partial charge >= 0.3 is 0 Å². The van der Waals surface area contributed by atoms with E-state index in [4.69, 9.17) is 23.7 Å². The summed E-state index contributed by atoms with van der Waals surface area (Å²) in [5, 5.41) is 0. The first-order valence-electron chi connectivity index (χ1n) is 9.05. The molecule has 2 aliphatic heterocycles. The summed E-state index contributed by atoms with van der Waals surface area (Å²) in [6.07, 6.45) is -1.39. The third-order valence-electron chi connectivity index (χ3n) is 4.90. The van der Waals surface area contributed by atoms with E-state index < -0.39 is 6.29 Å². The molecule has 5 nitrogen and oxygen atoms in total. The van der Waals surface area contributed by atoms with Gasteiger partial charge in [-0.05, 0) is 12.1 Å². The summed E-state index contributed by atoms with van der Waals surface area (Å²) in [5.41, 5.74) is 0.782. The Labute approximate surface area is 163 Å². The molecule has 0 aliphatic carbocycles. The average molecular weight is 388 g/mol. The number of hydrogen-bond donors (Lipinski definition) is 0. The van der Waals surface area contributed by atoms with Gasteiger partial charge in [0.2, 0.25) is 0 Å². The fraction of sp³-hybridized carbons (Fsp3) is 0.429. The van der Waals surface area contributed by atoms with E-state index in [1.165, 1.54) is 0 Å². The molecule has 2 fully saturated rings. The van der Waals surface area contributed by atoms with Crippen LogP contribution in [0.3, 0.4) is 0 Å². The van der Waals surface area contributed by atoms with E-state index in [-0.39, 0.29) is 29.9 Å². The van der Waals surface area contributed by atoms with Crippen LogP contribution in [-0.2, 0) is 23.7 Å². The van der Waals surface area contributed by atoms with Gasteiger partial charge in [-0.3, -0.25) is 0 Å². The van der Waals surface area contributed by atoms with Crippen molar-refractivity contribution in [3.8, 4) is 0 Å². The van der Waals surface area contributed by atoms with E-state index in [2.05, 4.69) is 12.1 Å². The van der Waals surface area contributed by atoms with Crippen LogP contribution in [0.15, 0.2) is 65.6 Å². The first-order chi connectivity index (χ1) is 13.3. The van der Waals surface area contributed by atoms with Crippen LogP contribution in [0.1, 0.15) is 11.9 Å². The third kappa shape index (κ3) is 4.06. The van der Waals surface area contributed by atoms with E-state index in [1.54, 1.807) is 26.0 Å². The van der Waals surface area contributed by atoms with Crippen LogP contribution in [0.4, 0.5) is 0 Å². The van der Waals surface area contributed by atoms with Crippen LogP contribution < -0.4 is 0 Å². The van der Waals surface area contributed by atoms with Crippen molar-refractivity contribution in [3.63, 3.8) is 0 Å². The maximum Gasteiger partial charge on any atom is 0.184 e. The zero-order valence-corrected chi connectivity index (χ0v) is 16.2. The van der Waals surface area contributed by atoms with Crippen LogP contribution in [-0.4, -0.2) is 50.7 Å². The van der Waals surface area contributed by atoms with Crippen LogP contribution in [0, 0.1) is 0 Å². The Morgan fingerprint density at radius 3 is 2.19 bits per heavy atom. The molecule has 3 unspecified atom stereocenters. The first-order valence-corrected chi connectivity index (χ1v) is 9.93. The van der Waals surface area contributed by atoms with Gasteiger partial charge in [-0.15, -0.1) is 0 Å². The van der Waals surface area contributed by atoms with E-state index in [1.807, 2.05) is 48.5 Å². The lowest BCUT2D eigenvalue weighted by Crippen LogP contribution is -2.62. The van der Waals surface area contributed by atoms with Crippen molar-refractivity contribution < 1.29 is 23.7 Å². The van der Waals surface area contributed by atoms with Gasteiger partial charge in [-0.2, -0.15) is 0 Å². The minimum absolute atomic E-state index is 0.205. The van der Waals surface area contributed by atoms with Gasteiger partial charge in [0, 0.05) is 24.7 Å². The minimum atomic E-state index is -0.426. The number of fused-ring (bicyclic) bond motifs is 1. The largest absolute Gasteiger partial charge is 0.376 e. The molecule has 0 spiro atoms. The molecular formula is C21H24O5S. The Morgan fingerprint density at radius 2 is 1.52 bits per heavy atom. The molecule has 0 N–H and O–H groups in total. The molecular weight excluding hydrogens is 364 g/mol.